The summed E-state index contributed by atoms with van der Waals surface area (Å²) < 4.78 is 7.45. The minimum atomic E-state index is -0.433. The predicted octanol–water partition coefficient (Wildman–Crippen LogP) is 2.48. The van der Waals surface area contributed by atoms with E-state index in [1.807, 2.05) is 29.0 Å². The second-order valence-corrected chi connectivity index (χ2v) is 5.89. The van der Waals surface area contributed by atoms with Crippen LogP contribution in [0, 0.1) is 0 Å². The Morgan fingerprint density at radius 2 is 1.93 bits per heavy atom. The summed E-state index contributed by atoms with van der Waals surface area (Å²) in [5, 5.41) is 3.22. The Labute approximate surface area is 154 Å². The number of rotatable bonds is 5. The van der Waals surface area contributed by atoms with Crippen molar-refractivity contribution < 1.29 is 9.21 Å². The number of nitrogens with zero attached hydrogens (tertiary/aromatic N) is 3. The molecule has 134 valence electrons. The normalized spacial score (nSPS) is 10.8. The summed E-state index contributed by atoms with van der Waals surface area (Å²) in [6, 6.07) is 13.7. The SMILES string of the molecule is O=C(NCCn1ccnc1-c1ccccn1)c1cc(=O)c2ccccc2o1. The molecule has 4 aromatic rings. The number of amides is 1. The maximum Gasteiger partial charge on any atom is 0.287 e. The van der Waals surface area contributed by atoms with Gasteiger partial charge in [0.05, 0.1) is 5.39 Å². The molecular formula is C20H16N4O3. The number of carbonyl (C=O) groups excluding carboxylic acids is 1. The average Bonchev–Trinajstić information content (AvgIpc) is 3.17. The highest BCUT2D eigenvalue weighted by Crippen LogP contribution is 2.14. The maximum atomic E-state index is 12.3. The van der Waals surface area contributed by atoms with Crippen molar-refractivity contribution in [2.24, 2.45) is 0 Å². The largest absolute Gasteiger partial charge is 0.451 e. The van der Waals surface area contributed by atoms with Gasteiger partial charge in [-0.15, -0.1) is 0 Å². The Bertz CT molecular complexity index is 1150. The van der Waals surface area contributed by atoms with Crippen LogP contribution in [0.25, 0.3) is 22.5 Å². The van der Waals surface area contributed by atoms with Gasteiger partial charge in [-0.25, -0.2) is 4.98 Å². The van der Waals surface area contributed by atoms with Gasteiger partial charge >= 0.3 is 0 Å². The fourth-order valence-electron chi connectivity index (χ4n) is 2.81. The first-order valence-electron chi connectivity index (χ1n) is 8.46. The highest BCUT2D eigenvalue weighted by atomic mass is 16.3. The molecule has 1 N–H and O–H groups in total. The monoisotopic (exact) mass is 360 g/mol. The van der Waals surface area contributed by atoms with E-state index in [4.69, 9.17) is 4.42 Å². The molecule has 0 saturated carbocycles. The van der Waals surface area contributed by atoms with E-state index in [-0.39, 0.29) is 11.2 Å². The van der Waals surface area contributed by atoms with Gasteiger partial charge in [-0.2, -0.15) is 0 Å². The lowest BCUT2D eigenvalue weighted by atomic mass is 10.2. The van der Waals surface area contributed by atoms with Crippen molar-refractivity contribution in [3.8, 4) is 11.5 Å². The molecule has 0 spiro atoms. The second-order valence-electron chi connectivity index (χ2n) is 5.89. The number of pyridine rings is 1. The van der Waals surface area contributed by atoms with Gasteiger partial charge in [0, 0.05) is 37.7 Å². The molecule has 0 aliphatic carbocycles. The van der Waals surface area contributed by atoms with E-state index in [0.717, 1.165) is 11.5 Å². The third-order valence-corrected chi connectivity index (χ3v) is 4.11. The van der Waals surface area contributed by atoms with Crippen molar-refractivity contribution in [2.45, 2.75) is 6.54 Å². The number of fused-ring (bicyclic) bond motifs is 1. The number of aromatic nitrogens is 3. The van der Waals surface area contributed by atoms with Gasteiger partial charge in [-0.05, 0) is 24.3 Å². The number of hydrogen-bond donors (Lipinski definition) is 1. The smallest absolute Gasteiger partial charge is 0.287 e. The first kappa shape index (κ1) is 16.7. The van der Waals surface area contributed by atoms with Gasteiger partial charge in [0.25, 0.3) is 5.91 Å². The molecule has 4 rings (SSSR count). The standard InChI is InChI=1S/C20H16N4O3/c25-16-13-18(27-17-7-2-1-5-14(16)17)20(26)23-10-12-24-11-9-22-19(24)15-6-3-4-8-21-15/h1-9,11,13H,10,12H2,(H,23,26). The van der Waals surface area contributed by atoms with Crippen LogP contribution in [-0.2, 0) is 6.54 Å². The van der Waals surface area contributed by atoms with E-state index in [0.29, 0.717) is 24.1 Å². The van der Waals surface area contributed by atoms with Crippen LogP contribution >= 0.6 is 0 Å². The molecule has 3 aromatic heterocycles. The quantitative estimate of drug-likeness (QED) is 0.590. The van der Waals surface area contributed by atoms with Crippen molar-refractivity contribution in [3.05, 3.63) is 83.1 Å². The molecule has 27 heavy (non-hydrogen) atoms. The average molecular weight is 360 g/mol. The fraction of sp³-hybridized carbons (Fsp3) is 0.100. The van der Waals surface area contributed by atoms with Crippen LogP contribution in [0.3, 0.4) is 0 Å². The van der Waals surface area contributed by atoms with Gasteiger partial charge in [-0.1, -0.05) is 18.2 Å². The zero-order valence-electron chi connectivity index (χ0n) is 14.3. The van der Waals surface area contributed by atoms with Crippen LogP contribution in [0.2, 0.25) is 0 Å². The van der Waals surface area contributed by atoms with Gasteiger partial charge in [0.15, 0.2) is 17.0 Å². The van der Waals surface area contributed by atoms with E-state index >= 15 is 0 Å². The molecule has 0 atom stereocenters. The van der Waals surface area contributed by atoms with E-state index in [9.17, 15) is 9.59 Å². The number of nitrogens with one attached hydrogen (secondary N) is 1. The highest BCUT2D eigenvalue weighted by Gasteiger charge is 2.12. The molecule has 1 aromatic carbocycles. The zero-order chi connectivity index (χ0) is 18.6. The van der Waals surface area contributed by atoms with Gasteiger partial charge < -0.3 is 14.3 Å². The van der Waals surface area contributed by atoms with Crippen LogP contribution in [-0.4, -0.2) is 27.0 Å². The molecule has 0 unspecified atom stereocenters. The van der Waals surface area contributed by atoms with Crippen molar-refractivity contribution in [1.29, 1.82) is 0 Å². The third-order valence-electron chi connectivity index (χ3n) is 4.11. The zero-order valence-corrected chi connectivity index (χ0v) is 14.3. The first-order chi connectivity index (χ1) is 13.2. The number of para-hydroxylation sites is 1. The summed E-state index contributed by atoms with van der Waals surface area (Å²) in [6.07, 6.45) is 5.22. The second kappa shape index (κ2) is 7.25. The molecular weight excluding hydrogens is 344 g/mol. The molecule has 0 aliphatic rings. The lowest BCUT2D eigenvalue weighted by Crippen LogP contribution is -2.28. The van der Waals surface area contributed by atoms with Crippen LogP contribution in [0.15, 0.2) is 76.3 Å². The third kappa shape index (κ3) is 3.48. The molecule has 0 bridgehead atoms. The summed E-state index contributed by atoms with van der Waals surface area (Å²) in [4.78, 5) is 33.1. The fourth-order valence-corrected chi connectivity index (χ4v) is 2.81. The summed E-state index contributed by atoms with van der Waals surface area (Å²) >= 11 is 0. The topological polar surface area (TPSA) is 90.0 Å². The number of hydrogen-bond acceptors (Lipinski definition) is 5. The molecule has 0 saturated heterocycles. The Balaban J connectivity index is 1.45. The van der Waals surface area contributed by atoms with E-state index in [1.54, 1.807) is 36.7 Å². The lowest BCUT2D eigenvalue weighted by Gasteiger charge is -2.09. The minimum absolute atomic E-state index is 0.00530. The molecule has 7 nitrogen and oxygen atoms in total. The predicted molar refractivity (Wildman–Crippen MR) is 100 cm³/mol. The Kier molecular flexibility index (Phi) is 4.49. The van der Waals surface area contributed by atoms with Gasteiger partial charge in [-0.3, -0.25) is 14.6 Å². The van der Waals surface area contributed by atoms with E-state index < -0.39 is 5.91 Å². The summed E-state index contributed by atoms with van der Waals surface area (Å²) in [5.74, 6) is 0.286. The van der Waals surface area contributed by atoms with Crippen LogP contribution < -0.4 is 10.7 Å². The first-order valence-corrected chi connectivity index (χ1v) is 8.46. The van der Waals surface area contributed by atoms with E-state index in [1.165, 1.54) is 6.07 Å². The van der Waals surface area contributed by atoms with Crippen molar-refractivity contribution in [1.82, 2.24) is 19.9 Å². The van der Waals surface area contributed by atoms with Crippen molar-refractivity contribution in [2.75, 3.05) is 6.54 Å². The van der Waals surface area contributed by atoms with Crippen LogP contribution in [0.5, 0.6) is 0 Å². The van der Waals surface area contributed by atoms with Crippen LogP contribution in [0.4, 0.5) is 0 Å². The molecule has 0 radical (unpaired) electrons. The summed E-state index contributed by atoms with van der Waals surface area (Å²) in [5.41, 5.74) is 0.908. The summed E-state index contributed by atoms with van der Waals surface area (Å²) in [6.45, 7) is 0.862. The maximum absolute atomic E-state index is 12.3. The summed E-state index contributed by atoms with van der Waals surface area (Å²) in [7, 11) is 0. The molecule has 1 amide bonds. The minimum Gasteiger partial charge on any atom is -0.451 e. The van der Waals surface area contributed by atoms with Gasteiger partial charge in [0.2, 0.25) is 0 Å². The lowest BCUT2D eigenvalue weighted by molar-refractivity contribution is 0.0925. The Hall–Kier alpha value is -3.74. The number of imidazole rings is 1. The van der Waals surface area contributed by atoms with Gasteiger partial charge in [0.1, 0.15) is 11.3 Å². The highest BCUT2D eigenvalue weighted by molar-refractivity contribution is 5.93. The van der Waals surface area contributed by atoms with Crippen molar-refractivity contribution in [3.63, 3.8) is 0 Å². The molecule has 3 heterocycles. The molecule has 0 fully saturated rings. The Morgan fingerprint density at radius 3 is 2.78 bits per heavy atom. The molecule has 0 aliphatic heterocycles. The van der Waals surface area contributed by atoms with E-state index in [2.05, 4.69) is 15.3 Å². The Morgan fingerprint density at radius 1 is 1.07 bits per heavy atom. The van der Waals surface area contributed by atoms with Crippen molar-refractivity contribution >= 4 is 16.9 Å². The molecule has 7 heteroatoms. The van der Waals surface area contributed by atoms with Crippen LogP contribution in [0.1, 0.15) is 10.6 Å². The number of benzene rings is 1. The number of carbonyl (C=O) groups is 1.